The molecule has 0 unspecified atom stereocenters. The molecule has 1 aliphatic rings. The topological polar surface area (TPSA) is 89.3 Å². The number of rotatable bonds is 8. The number of ketones is 1. The second-order valence-corrected chi connectivity index (χ2v) is 14.9. The summed E-state index contributed by atoms with van der Waals surface area (Å²) < 4.78 is 7.96. The third kappa shape index (κ3) is 5.90. The summed E-state index contributed by atoms with van der Waals surface area (Å²) in [7, 11) is 3.83. The van der Waals surface area contributed by atoms with Crippen LogP contribution >= 0.6 is 40.4 Å². The summed E-state index contributed by atoms with van der Waals surface area (Å²) in [5, 5.41) is 15.1. The summed E-state index contributed by atoms with van der Waals surface area (Å²) in [6, 6.07) is 4.05. The molecule has 0 aromatic carbocycles. The number of nitrogens with one attached hydrogen (secondary N) is 1. The molecule has 1 aliphatic carbocycles. The fourth-order valence-corrected chi connectivity index (χ4v) is 6.43. The fourth-order valence-electron chi connectivity index (χ4n) is 4.00. The monoisotopic (exact) mass is 601 g/mol. The van der Waals surface area contributed by atoms with Crippen molar-refractivity contribution in [2.75, 3.05) is 11.9 Å². The maximum atomic E-state index is 13.3. The van der Waals surface area contributed by atoms with Crippen molar-refractivity contribution < 1.29 is 14.1 Å². The van der Waals surface area contributed by atoms with E-state index in [4.69, 9.17) is 4.18 Å². The van der Waals surface area contributed by atoms with E-state index >= 15 is 0 Å². The van der Waals surface area contributed by atoms with Crippen molar-refractivity contribution >= 4 is 59.3 Å². The molecule has 0 bridgehead atoms. The third-order valence-corrected chi connectivity index (χ3v) is 7.77. The van der Waals surface area contributed by atoms with Crippen LogP contribution < -0.4 is 5.32 Å². The number of aliphatic hydroxyl groups excluding tert-OH is 1. The molecule has 1 fully saturated rings. The zero-order valence-corrected chi connectivity index (χ0v) is 22.0. The van der Waals surface area contributed by atoms with Gasteiger partial charge in [-0.25, -0.2) is 0 Å². The van der Waals surface area contributed by atoms with Gasteiger partial charge in [0.2, 0.25) is 0 Å². The first-order chi connectivity index (χ1) is 15.4. The van der Waals surface area contributed by atoms with Crippen LogP contribution in [-0.2, 0) is 18.1 Å². The number of carbonyl (C=O) groups excluding carboxylic acids is 1. The zero-order valence-electron chi connectivity index (χ0n) is 17.3. The molecule has 0 radical (unpaired) electrons. The standard InChI is InChI=1S/C21H23IN4O3PS2/c1-13-2-3-26(8-13)9-14-4-19(31-11-14)20(28)17-7-23-12-24-21(17)25-16-5-15(10-27)18(6-16)29-32(22)30/h2-4,7-8,11-12,15-16,18,27H,5-6,9-10H2,1H3,(H,23,24,25)/q-1/t15-,16-,18+/m1/s1. The van der Waals surface area contributed by atoms with Crippen molar-refractivity contribution in [3.05, 3.63) is 64.0 Å². The quantitative estimate of drug-likeness (QED) is 0.169. The molecule has 0 amide bonds. The maximum Gasteiger partial charge on any atom is 0.00682 e. The number of hydrogen-bond acceptors (Lipinski definition) is 8. The minimum atomic E-state index is -0.492. The Balaban J connectivity index is 1.48. The van der Waals surface area contributed by atoms with Crippen LogP contribution in [0.2, 0.25) is 0 Å². The Hall–Kier alpha value is -1.04. The normalized spacial score (nSPS) is 20.7. The van der Waals surface area contributed by atoms with Crippen molar-refractivity contribution in [1.29, 1.82) is 0 Å². The second-order valence-electron chi connectivity index (χ2n) is 7.89. The van der Waals surface area contributed by atoms with Crippen LogP contribution in [-0.4, -0.2) is 44.2 Å². The molecule has 170 valence electrons. The number of carbonyl (C=O) groups is 1. The van der Waals surface area contributed by atoms with Crippen LogP contribution in [0.5, 0.6) is 0 Å². The van der Waals surface area contributed by atoms with E-state index in [2.05, 4.69) is 68.1 Å². The van der Waals surface area contributed by atoms with Gasteiger partial charge in [0, 0.05) is 18.9 Å². The van der Waals surface area contributed by atoms with E-state index in [1.165, 1.54) is 23.2 Å². The Morgan fingerprint density at radius 1 is 1.50 bits per heavy atom. The molecular weight excluding hydrogens is 578 g/mol. The molecule has 0 aliphatic heterocycles. The molecule has 4 rings (SSSR count). The van der Waals surface area contributed by atoms with Gasteiger partial charge in [-0.05, 0) is 18.6 Å². The van der Waals surface area contributed by atoms with Crippen LogP contribution in [0.1, 0.15) is 39.2 Å². The van der Waals surface area contributed by atoms with E-state index in [1.54, 1.807) is 6.20 Å². The Morgan fingerprint density at radius 3 is 3.06 bits per heavy atom. The number of aryl methyl sites for hydroxylation is 1. The van der Waals surface area contributed by atoms with Gasteiger partial charge in [0.15, 0.2) is 0 Å². The molecule has 7 nitrogen and oxygen atoms in total. The Morgan fingerprint density at radius 2 is 2.34 bits per heavy atom. The van der Waals surface area contributed by atoms with E-state index in [0.717, 1.165) is 24.9 Å². The third-order valence-electron chi connectivity index (χ3n) is 5.51. The number of anilines is 1. The molecule has 3 atom stereocenters. The van der Waals surface area contributed by atoms with Gasteiger partial charge < -0.3 is 4.57 Å². The van der Waals surface area contributed by atoms with E-state index in [-0.39, 0.29) is 30.5 Å². The summed E-state index contributed by atoms with van der Waals surface area (Å²) in [5.74, 6) is 0.451. The fraction of sp³-hybridized carbons (Fsp3) is 0.381. The number of thiophene rings is 1. The van der Waals surface area contributed by atoms with Crippen molar-refractivity contribution in [3.8, 4) is 0 Å². The van der Waals surface area contributed by atoms with Crippen LogP contribution in [0.25, 0.3) is 0 Å². The van der Waals surface area contributed by atoms with Gasteiger partial charge in [0.1, 0.15) is 0 Å². The summed E-state index contributed by atoms with van der Waals surface area (Å²) >= 11 is 3.56. The summed E-state index contributed by atoms with van der Waals surface area (Å²) in [5.41, 5.74) is 2.74. The molecule has 0 spiro atoms. The number of nitrogens with zero attached hydrogens (tertiary/aromatic N) is 3. The first kappa shape index (κ1) is 24.1. The van der Waals surface area contributed by atoms with Crippen molar-refractivity contribution in [2.24, 2.45) is 5.92 Å². The van der Waals surface area contributed by atoms with E-state index < -0.39 is 7.32 Å². The summed E-state index contributed by atoms with van der Waals surface area (Å²) in [6.07, 6.45) is 8.50. The number of hydrogen-bond donors (Lipinski definition) is 2. The van der Waals surface area contributed by atoms with Crippen LogP contribution in [0.3, 0.4) is 0 Å². The minimum absolute atomic E-state index is 0.0302. The largest absolute Gasteiger partial charge is 0.00682 e. The van der Waals surface area contributed by atoms with Crippen molar-refractivity contribution in [2.45, 2.75) is 38.5 Å². The molecule has 1 saturated carbocycles. The maximum absolute atomic E-state index is 13.3. The molecule has 2 N–H and O–H groups in total. The number of aromatic nitrogens is 3. The van der Waals surface area contributed by atoms with Gasteiger partial charge in [-0.1, -0.05) is 0 Å². The number of aliphatic hydroxyl groups is 1. The summed E-state index contributed by atoms with van der Waals surface area (Å²) in [4.78, 5) is 22.3. The Labute approximate surface area is 207 Å². The molecule has 32 heavy (non-hydrogen) atoms. The first-order valence-corrected chi connectivity index (χ1v) is 15.7. The van der Waals surface area contributed by atoms with E-state index in [0.29, 0.717) is 16.3 Å². The number of halogens is 1. The van der Waals surface area contributed by atoms with Gasteiger partial charge in [-0.15, -0.1) is 0 Å². The molecule has 0 saturated heterocycles. The van der Waals surface area contributed by atoms with Gasteiger partial charge >= 0.3 is 166 Å². The molecule has 3 heterocycles. The molecule has 3 aromatic rings. The predicted octanol–water partition coefficient (Wildman–Crippen LogP) is 4.70. The first-order valence-electron chi connectivity index (χ1n) is 10.1. The molecule has 11 heteroatoms. The van der Waals surface area contributed by atoms with Gasteiger partial charge in [0.25, 0.3) is 0 Å². The van der Waals surface area contributed by atoms with Gasteiger partial charge in [-0.2, -0.15) is 0 Å². The average molecular weight is 601 g/mol. The predicted molar refractivity (Wildman–Crippen MR) is 138 cm³/mol. The average Bonchev–Trinajstić information content (AvgIpc) is 3.48. The SMILES string of the molecule is Cc1ccn(Cc2csc(C(=O)c3cncnc3N[C@@H]3C[C@H](CO)[C@@H](O[S-](#P)I)C3)c2)c1. The van der Waals surface area contributed by atoms with E-state index in [1.807, 2.05) is 17.6 Å². The molecular formula is C21H23IN4O3PS2-. The second kappa shape index (κ2) is 10.9. The van der Waals surface area contributed by atoms with Crippen molar-refractivity contribution in [3.63, 3.8) is 0 Å². The Bertz CT molecular complexity index is 1180. The van der Waals surface area contributed by atoms with Crippen LogP contribution in [0, 0.1) is 12.8 Å². The molecule has 3 aromatic heterocycles. The van der Waals surface area contributed by atoms with Crippen LogP contribution in [0.15, 0.2) is 42.4 Å². The van der Waals surface area contributed by atoms with Crippen LogP contribution in [0.4, 0.5) is 5.82 Å². The summed E-state index contributed by atoms with van der Waals surface area (Å²) in [6.45, 7) is 2.84. The zero-order chi connectivity index (χ0) is 22.7. The minimum Gasteiger partial charge on any atom is 0.00682 e. The smallest absolute Gasteiger partial charge is 0.00682 e. The van der Waals surface area contributed by atoms with Crippen molar-refractivity contribution in [1.82, 2.24) is 14.5 Å². The van der Waals surface area contributed by atoms with Gasteiger partial charge in [0.05, 0.1) is 0 Å². The van der Waals surface area contributed by atoms with Gasteiger partial charge in [-0.3, -0.25) is 0 Å². The Kier molecular flexibility index (Phi) is 8.23. The van der Waals surface area contributed by atoms with E-state index in [9.17, 15) is 9.90 Å².